The Balaban J connectivity index is 2.15. The van der Waals surface area contributed by atoms with Crippen LogP contribution in [-0.2, 0) is 0 Å². The number of aromatic nitrogens is 2. The molecule has 3 heteroatoms. The molecule has 0 N–H and O–H groups in total. The van der Waals surface area contributed by atoms with Gasteiger partial charge in [-0.15, -0.1) is 11.3 Å². The van der Waals surface area contributed by atoms with E-state index in [1.165, 1.54) is 11.1 Å². The van der Waals surface area contributed by atoms with Crippen LogP contribution in [0.1, 0.15) is 5.56 Å². The summed E-state index contributed by atoms with van der Waals surface area (Å²) >= 11 is 1.68. The van der Waals surface area contributed by atoms with E-state index < -0.39 is 0 Å². The van der Waals surface area contributed by atoms with Crippen molar-refractivity contribution in [1.29, 1.82) is 0 Å². The smallest absolute Gasteiger partial charge is 0.124 e. The summed E-state index contributed by atoms with van der Waals surface area (Å²) in [5.41, 5.74) is 3.47. The molecule has 0 atom stereocenters. The lowest BCUT2D eigenvalue weighted by molar-refractivity contribution is 1.35. The Labute approximate surface area is 97.6 Å². The van der Waals surface area contributed by atoms with E-state index >= 15 is 0 Å². The highest BCUT2D eigenvalue weighted by Gasteiger charge is 2.05. The number of fused-ring (bicyclic) bond motifs is 1. The SMILES string of the molecule is Cc1ccc(-c2nc3ccncc3s2)cc1. The molecule has 16 heavy (non-hydrogen) atoms. The zero-order valence-corrected chi connectivity index (χ0v) is 9.66. The molecule has 0 spiro atoms. The molecule has 0 saturated carbocycles. The molecule has 0 aliphatic rings. The number of rotatable bonds is 1. The Morgan fingerprint density at radius 1 is 1.06 bits per heavy atom. The predicted molar refractivity (Wildman–Crippen MR) is 67.6 cm³/mol. The van der Waals surface area contributed by atoms with Crippen molar-refractivity contribution in [3.63, 3.8) is 0 Å². The fourth-order valence-electron chi connectivity index (χ4n) is 1.60. The van der Waals surface area contributed by atoms with Crippen LogP contribution in [0.25, 0.3) is 20.8 Å². The van der Waals surface area contributed by atoms with E-state index in [-0.39, 0.29) is 0 Å². The van der Waals surface area contributed by atoms with E-state index in [0.29, 0.717) is 0 Å². The van der Waals surface area contributed by atoms with Crippen LogP contribution in [0, 0.1) is 6.92 Å². The molecule has 0 fully saturated rings. The first-order chi connectivity index (χ1) is 7.83. The van der Waals surface area contributed by atoms with Crippen LogP contribution in [-0.4, -0.2) is 9.97 Å². The van der Waals surface area contributed by atoms with Gasteiger partial charge in [0.1, 0.15) is 5.01 Å². The monoisotopic (exact) mass is 226 g/mol. The van der Waals surface area contributed by atoms with Crippen LogP contribution in [0.15, 0.2) is 42.7 Å². The van der Waals surface area contributed by atoms with Crippen LogP contribution in [0.5, 0.6) is 0 Å². The molecule has 2 nitrogen and oxygen atoms in total. The molecule has 0 radical (unpaired) electrons. The molecule has 0 aliphatic heterocycles. The Hall–Kier alpha value is -1.74. The number of pyridine rings is 1. The summed E-state index contributed by atoms with van der Waals surface area (Å²) in [4.78, 5) is 8.70. The van der Waals surface area contributed by atoms with E-state index in [9.17, 15) is 0 Å². The van der Waals surface area contributed by atoms with Gasteiger partial charge >= 0.3 is 0 Å². The van der Waals surface area contributed by atoms with Gasteiger partial charge in [0.15, 0.2) is 0 Å². The van der Waals surface area contributed by atoms with Gasteiger partial charge in [0.2, 0.25) is 0 Å². The average Bonchev–Trinajstić information content (AvgIpc) is 2.73. The van der Waals surface area contributed by atoms with Crippen LogP contribution in [0.3, 0.4) is 0 Å². The van der Waals surface area contributed by atoms with Crippen LogP contribution >= 0.6 is 11.3 Å². The van der Waals surface area contributed by atoms with Crippen molar-refractivity contribution in [2.75, 3.05) is 0 Å². The minimum atomic E-state index is 1.02. The van der Waals surface area contributed by atoms with Crippen LogP contribution < -0.4 is 0 Å². The van der Waals surface area contributed by atoms with E-state index in [0.717, 1.165) is 15.2 Å². The van der Waals surface area contributed by atoms with E-state index in [1.54, 1.807) is 17.5 Å². The van der Waals surface area contributed by atoms with Gasteiger partial charge in [0, 0.05) is 18.0 Å². The topological polar surface area (TPSA) is 25.8 Å². The number of thiazole rings is 1. The standard InChI is InChI=1S/C13H10N2S/c1-9-2-4-10(5-3-9)13-15-11-6-7-14-8-12(11)16-13/h2-8H,1H3. The van der Waals surface area contributed by atoms with E-state index in [2.05, 4.69) is 41.2 Å². The van der Waals surface area contributed by atoms with Crippen molar-refractivity contribution in [2.45, 2.75) is 6.92 Å². The highest BCUT2D eigenvalue weighted by molar-refractivity contribution is 7.21. The molecule has 0 bridgehead atoms. The molecule has 0 saturated heterocycles. The van der Waals surface area contributed by atoms with Gasteiger partial charge in [-0.05, 0) is 13.0 Å². The van der Waals surface area contributed by atoms with Crippen molar-refractivity contribution < 1.29 is 0 Å². The number of benzene rings is 1. The number of hydrogen-bond donors (Lipinski definition) is 0. The summed E-state index contributed by atoms with van der Waals surface area (Å²) in [6.07, 6.45) is 3.64. The van der Waals surface area contributed by atoms with Gasteiger partial charge in [-0.25, -0.2) is 4.98 Å². The van der Waals surface area contributed by atoms with Gasteiger partial charge in [-0.3, -0.25) is 4.98 Å². The molecular weight excluding hydrogens is 216 g/mol. The van der Waals surface area contributed by atoms with Gasteiger partial charge in [0.25, 0.3) is 0 Å². The summed E-state index contributed by atoms with van der Waals surface area (Å²) in [5.74, 6) is 0. The van der Waals surface area contributed by atoms with Gasteiger partial charge < -0.3 is 0 Å². The van der Waals surface area contributed by atoms with E-state index in [1.807, 2.05) is 12.3 Å². The maximum atomic E-state index is 4.59. The Kier molecular flexibility index (Phi) is 2.18. The molecule has 2 heterocycles. The highest BCUT2D eigenvalue weighted by atomic mass is 32.1. The number of aryl methyl sites for hydroxylation is 1. The first kappa shape index (κ1) is 9.48. The van der Waals surface area contributed by atoms with E-state index in [4.69, 9.17) is 0 Å². The zero-order chi connectivity index (χ0) is 11.0. The Bertz CT molecular complexity index is 593. The van der Waals surface area contributed by atoms with Crippen LogP contribution in [0.4, 0.5) is 0 Å². The molecule has 2 aromatic heterocycles. The van der Waals surface area contributed by atoms with Crippen molar-refractivity contribution in [1.82, 2.24) is 9.97 Å². The third kappa shape index (κ3) is 1.59. The molecule has 0 unspecified atom stereocenters. The molecule has 3 aromatic rings. The molecule has 0 aliphatic carbocycles. The number of nitrogens with zero attached hydrogens (tertiary/aromatic N) is 2. The fourth-order valence-corrected chi connectivity index (χ4v) is 2.54. The molecular formula is C13H10N2S. The molecule has 3 rings (SSSR count). The summed E-state index contributed by atoms with van der Waals surface area (Å²) < 4.78 is 1.14. The molecule has 0 amide bonds. The predicted octanol–water partition coefficient (Wildman–Crippen LogP) is 3.67. The second kappa shape index (κ2) is 3.68. The van der Waals surface area contributed by atoms with Gasteiger partial charge in [0.05, 0.1) is 10.2 Å². The molecule has 78 valence electrons. The first-order valence-electron chi connectivity index (χ1n) is 5.10. The normalized spacial score (nSPS) is 10.8. The maximum Gasteiger partial charge on any atom is 0.124 e. The zero-order valence-electron chi connectivity index (χ0n) is 8.84. The Morgan fingerprint density at radius 3 is 2.62 bits per heavy atom. The third-order valence-electron chi connectivity index (χ3n) is 2.49. The first-order valence-corrected chi connectivity index (χ1v) is 5.92. The van der Waals surface area contributed by atoms with Crippen molar-refractivity contribution in [2.24, 2.45) is 0 Å². The molecule has 1 aromatic carbocycles. The van der Waals surface area contributed by atoms with Crippen LogP contribution in [0.2, 0.25) is 0 Å². The summed E-state index contributed by atoms with van der Waals surface area (Å²) in [7, 11) is 0. The van der Waals surface area contributed by atoms with Gasteiger partial charge in [-0.1, -0.05) is 29.8 Å². The summed E-state index contributed by atoms with van der Waals surface area (Å²) in [6, 6.07) is 10.4. The second-order valence-electron chi connectivity index (χ2n) is 3.73. The maximum absolute atomic E-state index is 4.59. The summed E-state index contributed by atoms with van der Waals surface area (Å²) in [6.45, 7) is 2.09. The largest absolute Gasteiger partial charge is 0.263 e. The lowest BCUT2D eigenvalue weighted by Gasteiger charge is -1.95. The Morgan fingerprint density at radius 2 is 1.88 bits per heavy atom. The quantitative estimate of drug-likeness (QED) is 0.632. The lowest BCUT2D eigenvalue weighted by Crippen LogP contribution is -1.76. The number of hydrogen-bond acceptors (Lipinski definition) is 3. The van der Waals surface area contributed by atoms with Crippen molar-refractivity contribution in [3.05, 3.63) is 48.3 Å². The lowest BCUT2D eigenvalue weighted by atomic mass is 10.2. The second-order valence-corrected chi connectivity index (χ2v) is 4.76. The fraction of sp³-hybridized carbons (Fsp3) is 0.0769. The minimum absolute atomic E-state index is 1.02. The van der Waals surface area contributed by atoms with Gasteiger partial charge in [-0.2, -0.15) is 0 Å². The summed E-state index contributed by atoms with van der Waals surface area (Å²) in [5, 5.41) is 1.06. The van der Waals surface area contributed by atoms with Crippen molar-refractivity contribution >= 4 is 21.6 Å². The minimum Gasteiger partial charge on any atom is -0.263 e. The highest BCUT2D eigenvalue weighted by Crippen LogP contribution is 2.29. The average molecular weight is 226 g/mol. The third-order valence-corrected chi connectivity index (χ3v) is 3.54. The van der Waals surface area contributed by atoms with Crippen molar-refractivity contribution in [3.8, 4) is 10.6 Å².